The fraction of sp³-hybridized carbons (Fsp3) is 0.500. The Labute approximate surface area is 252 Å². The second kappa shape index (κ2) is 12.2. The molecule has 4 heterocycles. The molecular weight excluding hydrogens is 566 g/mol. The van der Waals surface area contributed by atoms with E-state index in [-0.39, 0.29) is 24.5 Å². The Kier molecular flexibility index (Phi) is 8.78. The van der Waals surface area contributed by atoms with Crippen LogP contribution < -0.4 is 15.8 Å². The van der Waals surface area contributed by atoms with E-state index in [9.17, 15) is 19.5 Å². The number of aryl methyl sites for hydroxylation is 1. The largest absolute Gasteiger partial charge is 0.494 e. The number of esters is 1. The molecule has 2 aliphatic heterocycles. The van der Waals surface area contributed by atoms with Crippen molar-refractivity contribution in [2.75, 3.05) is 6.61 Å². The summed E-state index contributed by atoms with van der Waals surface area (Å²) in [4.78, 5) is 42.4. The molecule has 0 aliphatic carbocycles. The summed E-state index contributed by atoms with van der Waals surface area (Å²) in [7, 11) is -1.41. The van der Waals surface area contributed by atoms with Crippen LogP contribution in [-0.2, 0) is 39.5 Å². The third-order valence-electron chi connectivity index (χ3n) is 8.59. The van der Waals surface area contributed by atoms with Crippen LogP contribution in [0.15, 0.2) is 29.1 Å². The maximum Gasteiger partial charge on any atom is 0.343 e. The molecule has 1 amide bonds. The number of benzene rings is 1. The molecule has 0 radical (unpaired) electrons. The summed E-state index contributed by atoms with van der Waals surface area (Å²) in [5.41, 5.74) is 4.49. The standard InChI is InChI=1S/C32H41N3O7Si/c1-5-32(39)25-17-27-29-23(18-35(27)30(37)24(25)19-42-31(32)38)21(13-15-43(2,3)4)22-16-20(11-12-26(22)33-29)41-14-9-7-6-8-10-28(36)34-40/h11-12,16-17,39-40H,5-10,13-15,18-19H2,1-4H3,(H,34,36). The number of hydroxylamine groups is 1. The van der Waals surface area contributed by atoms with Crippen LogP contribution in [0.4, 0.5) is 0 Å². The molecule has 1 atom stereocenters. The normalized spacial score (nSPS) is 17.3. The Balaban J connectivity index is 1.47. The van der Waals surface area contributed by atoms with Crippen LogP contribution in [0.5, 0.6) is 5.75 Å². The molecule has 11 heteroatoms. The molecule has 0 bridgehead atoms. The van der Waals surface area contributed by atoms with Crippen molar-refractivity contribution in [1.29, 1.82) is 0 Å². The minimum atomic E-state index is -1.86. The molecule has 1 unspecified atom stereocenters. The van der Waals surface area contributed by atoms with Gasteiger partial charge in [-0.25, -0.2) is 15.3 Å². The number of amides is 1. The van der Waals surface area contributed by atoms with Gasteiger partial charge in [0.15, 0.2) is 5.60 Å². The van der Waals surface area contributed by atoms with Gasteiger partial charge in [0.05, 0.1) is 35.6 Å². The number of nitrogens with one attached hydrogen (secondary N) is 1. The quantitative estimate of drug-likeness (QED) is 0.0687. The molecule has 1 aromatic carbocycles. The van der Waals surface area contributed by atoms with Gasteiger partial charge < -0.3 is 19.1 Å². The summed E-state index contributed by atoms with van der Waals surface area (Å²) < 4.78 is 13.0. The fourth-order valence-electron chi connectivity index (χ4n) is 6.00. The smallest absolute Gasteiger partial charge is 0.343 e. The first-order chi connectivity index (χ1) is 20.5. The highest BCUT2D eigenvalue weighted by molar-refractivity contribution is 6.76. The molecule has 2 aromatic heterocycles. The molecular formula is C32H41N3O7Si. The number of cyclic esters (lactones) is 1. The zero-order valence-electron chi connectivity index (χ0n) is 25.4. The molecule has 0 saturated heterocycles. The van der Waals surface area contributed by atoms with Crippen molar-refractivity contribution >= 4 is 30.9 Å². The third kappa shape index (κ3) is 6.11. The monoisotopic (exact) mass is 607 g/mol. The number of ether oxygens (including phenoxy) is 2. The first-order valence-corrected chi connectivity index (χ1v) is 18.9. The van der Waals surface area contributed by atoms with Crippen LogP contribution in [-0.4, -0.2) is 46.4 Å². The number of carbonyl (C=O) groups excluding carboxylic acids is 2. The van der Waals surface area contributed by atoms with E-state index in [1.165, 1.54) is 0 Å². The predicted molar refractivity (Wildman–Crippen MR) is 165 cm³/mol. The third-order valence-corrected chi connectivity index (χ3v) is 10.3. The molecule has 230 valence electrons. The highest BCUT2D eigenvalue weighted by Gasteiger charge is 2.45. The van der Waals surface area contributed by atoms with Crippen molar-refractivity contribution in [1.82, 2.24) is 15.0 Å². The predicted octanol–water partition coefficient (Wildman–Crippen LogP) is 4.80. The summed E-state index contributed by atoms with van der Waals surface area (Å²) in [6.07, 6.45) is 4.63. The Hall–Kier alpha value is -3.54. The van der Waals surface area contributed by atoms with E-state index in [1.807, 2.05) is 18.2 Å². The van der Waals surface area contributed by atoms with Crippen molar-refractivity contribution in [3.63, 3.8) is 0 Å². The number of fused-ring (bicyclic) bond motifs is 5. The topological polar surface area (TPSA) is 140 Å². The molecule has 3 N–H and O–H groups in total. The van der Waals surface area contributed by atoms with E-state index in [0.29, 0.717) is 36.4 Å². The first kappa shape index (κ1) is 30.9. The molecule has 0 saturated carbocycles. The lowest BCUT2D eigenvalue weighted by atomic mass is 9.86. The molecule has 43 heavy (non-hydrogen) atoms. The van der Waals surface area contributed by atoms with Gasteiger partial charge in [0.25, 0.3) is 5.56 Å². The van der Waals surface area contributed by atoms with Crippen LogP contribution >= 0.6 is 0 Å². The number of nitrogens with zero attached hydrogens (tertiary/aromatic N) is 2. The van der Waals surface area contributed by atoms with Gasteiger partial charge in [-0.1, -0.05) is 45.5 Å². The van der Waals surface area contributed by atoms with E-state index in [2.05, 4.69) is 19.6 Å². The van der Waals surface area contributed by atoms with Gasteiger partial charge in [0.1, 0.15) is 12.4 Å². The molecule has 10 nitrogen and oxygen atoms in total. The number of carbonyl (C=O) groups is 2. The Bertz CT molecular complexity index is 1630. The number of hydrogen-bond donors (Lipinski definition) is 3. The van der Waals surface area contributed by atoms with Crippen LogP contribution in [0.25, 0.3) is 22.3 Å². The lowest BCUT2D eigenvalue weighted by Gasteiger charge is -2.31. The zero-order chi connectivity index (χ0) is 30.9. The number of rotatable bonds is 12. The van der Waals surface area contributed by atoms with E-state index in [0.717, 1.165) is 71.6 Å². The fourth-order valence-corrected chi connectivity index (χ4v) is 7.00. The number of aromatic nitrogens is 2. The first-order valence-electron chi connectivity index (χ1n) is 15.1. The Morgan fingerprint density at radius 3 is 2.63 bits per heavy atom. The Morgan fingerprint density at radius 2 is 1.91 bits per heavy atom. The summed E-state index contributed by atoms with van der Waals surface area (Å²) in [5, 5.41) is 20.8. The number of pyridine rings is 2. The van der Waals surface area contributed by atoms with Gasteiger partial charge in [0, 0.05) is 31.0 Å². The maximum absolute atomic E-state index is 13.7. The lowest BCUT2D eigenvalue weighted by molar-refractivity contribution is -0.172. The van der Waals surface area contributed by atoms with Gasteiger partial charge in [-0.2, -0.15) is 0 Å². The number of hydrogen-bond acceptors (Lipinski definition) is 8. The lowest BCUT2D eigenvalue weighted by Crippen LogP contribution is -2.44. The summed E-state index contributed by atoms with van der Waals surface area (Å²) in [6.45, 7) is 9.51. The minimum Gasteiger partial charge on any atom is -0.494 e. The molecule has 5 rings (SSSR count). The van der Waals surface area contributed by atoms with E-state index in [1.54, 1.807) is 23.0 Å². The minimum absolute atomic E-state index is 0.102. The van der Waals surface area contributed by atoms with Crippen LogP contribution in [0.2, 0.25) is 25.7 Å². The van der Waals surface area contributed by atoms with Gasteiger partial charge in [-0.15, -0.1) is 0 Å². The maximum atomic E-state index is 13.7. The summed E-state index contributed by atoms with van der Waals surface area (Å²) in [5.74, 6) is -0.333. The highest BCUT2D eigenvalue weighted by atomic mass is 28.3. The summed E-state index contributed by atoms with van der Waals surface area (Å²) >= 11 is 0. The van der Waals surface area contributed by atoms with Crippen molar-refractivity contribution in [2.24, 2.45) is 0 Å². The van der Waals surface area contributed by atoms with Gasteiger partial charge in [0.2, 0.25) is 5.91 Å². The van der Waals surface area contributed by atoms with Gasteiger partial charge in [-0.05, 0) is 55.5 Å². The number of unbranched alkanes of at least 4 members (excludes halogenated alkanes) is 3. The van der Waals surface area contributed by atoms with Crippen LogP contribution in [0.3, 0.4) is 0 Å². The average molecular weight is 608 g/mol. The molecule has 3 aromatic rings. The van der Waals surface area contributed by atoms with Crippen molar-refractivity contribution in [2.45, 2.75) is 96.3 Å². The SMILES string of the molecule is CCC1(O)C(=O)OCc2c1cc1n(c2=O)Cc2c-1nc1ccc(OCCCCCCC(=O)NO)cc1c2CC[Si](C)(C)C. The van der Waals surface area contributed by atoms with E-state index < -0.39 is 19.6 Å². The van der Waals surface area contributed by atoms with Crippen LogP contribution in [0.1, 0.15) is 67.7 Å². The summed E-state index contributed by atoms with van der Waals surface area (Å²) in [6, 6.07) is 8.75. The second-order valence-corrected chi connectivity index (χ2v) is 18.4. The number of aliphatic hydroxyl groups is 1. The Morgan fingerprint density at radius 1 is 1.14 bits per heavy atom. The van der Waals surface area contributed by atoms with Crippen molar-refractivity contribution in [3.8, 4) is 17.1 Å². The zero-order valence-corrected chi connectivity index (χ0v) is 26.4. The highest BCUT2D eigenvalue weighted by Crippen LogP contribution is 2.41. The van der Waals surface area contributed by atoms with E-state index in [4.69, 9.17) is 19.7 Å². The van der Waals surface area contributed by atoms with Crippen LogP contribution in [0, 0.1) is 0 Å². The molecule has 0 fully saturated rings. The van der Waals surface area contributed by atoms with E-state index >= 15 is 0 Å². The molecule has 0 spiro atoms. The van der Waals surface area contributed by atoms with Gasteiger partial charge >= 0.3 is 5.97 Å². The van der Waals surface area contributed by atoms with Crippen molar-refractivity contribution < 1.29 is 29.4 Å². The van der Waals surface area contributed by atoms with Crippen molar-refractivity contribution in [3.05, 3.63) is 56.9 Å². The van der Waals surface area contributed by atoms with Gasteiger partial charge in [-0.3, -0.25) is 14.8 Å². The average Bonchev–Trinajstić information content (AvgIpc) is 3.34. The second-order valence-electron chi connectivity index (χ2n) is 12.8. The molecule has 2 aliphatic rings.